The van der Waals surface area contributed by atoms with Crippen LogP contribution in [0.3, 0.4) is 0 Å². The van der Waals surface area contributed by atoms with Crippen LogP contribution in [0.15, 0.2) is 59.8 Å². The van der Waals surface area contributed by atoms with E-state index in [2.05, 4.69) is 79.9 Å². The molecule has 0 aliphatic heterocycles. The first kappa shape index (κ1) is 12.8. The van der Waals surface area contributed by atoms with Crippen LogP contribution in [-0.4, -0.2) is 8.80 Å². The van der Waals surface area contributed by atoms with Gasteiger partial charge >= 0.3 is 0 Å². The average Bonchev–Trinajstić information content (AvgIpc) is 3.07. The van der Waals surface area contributed by atoms with Gasteiger partial charge in [-0.2, -0.15) is 0 Å². The maximum absolute atomic E-state index is 2.46. The van der Waals surface area contributed by atoms with Gasteiger partial charge < -0.3 is 0 Å². The highest BCUT2D eigenvalue weighted by atomic mass is 28.3. The standard InChI is InChI=1S/C20H19Si/c1-21(2)19-13-15-8-4-6-10-17(15)20(19)18-12-11-14-7-3-5-9-16(14)18/h3-13,18,20H,1-2H3. The molecule has 103 valence electrons. The maximum Gasteiger partial charge on any atom is 0.0746 e. The minimum absolute atomic E-state index is 0.438. The topological polar surface area (TPSA) is 0 Å². The van der Waals surface area contributed by atoms with Crippen molar-refractivity contribution in [1.29, 1.82) is 0 Å². The predicted molar refractivity (Wildman–Crippen MR) is 92.9 cm³/mol. The molecule has 1 radical (unpaired) electrons. The van der Waals surface area contributed by atoms with Gasteiger partial charge in [0.05, 0.1) is 8.80 Å². The van der Waals surface area contributed by atoms with E-state index in [-0.39, 0.29) is 0 Å². The number of rotatable bonds is 2. The van der Waals surface area contributed by atoms with Crippen LogP contribution < -0.4 is 0 Å². The zero-order valence-electron chi connectivity index (χ0n) is 12.5. The molecule has 0 saturated heterocycles. The van der Waals surface area contributed by atoms with E-state index in [9.17, 15) is 0 Å². The molecule has 0 amide bonds. The Labute approximate surface area is 128 Å². The molecule has 0 spiro atoms. The molecule has 0 aromatic heterocycles. The van der Waals surface area contributed by atoms with Crippen molar-refractivity contribution in [3.05, 3.63) is 82.1 Å². The molecule has 2 aromatic rings. The number of fused-ring (bicyclic) bond motifs is 2. The molecule has 0 bridgehead atoms. The van der Waals surface area contributed by atoms with Gasteiger partial charge in [0.25, 0.3) is 0 Å². The predicted octanol–water partition coefficient (Wildman–Crippen LogP) is 5.27. The van der Waals surface area contributed by atoms with E-state index in [1.54, 1.807) is 5.20 Å². The highest BCUT2D eigenvalue weighted by molar-refractivity contribution is 6.65. The molecule has 2 aliphatic carbocycles. The second kappa shape index (κ2) is 4.85. The van der Waals surface area contributed by atoms with Crippen molar-refractivity contribution in [3.8, 4) is 0 Å². The largest absolute Gasteiger partial charge is 0.0755 e. The molecule has 2 unspecified atom stereocenters. The third-order valence-corrected chi connectivity index (χ3v) is 6.36. The molecule has 0 heterocycles. The second-order valence-corrected chi connectivity index (χ2v) is 8.80. The Morgan fingerprint density at radius 3 is 2.24 bits per heavy atom. The van der Waals surface area contributed by atoms with Gasteiger partial charge in [0.15, 0.2) is 0 Å². The van der Waals surface area contributed by atoms with E-state index >= 15 is 0 Å². The fourth-order valence-electron chi connectivity index (χ4n) is 3.76. The molecule has 4 rings (SSSR count). The SMILES string of the molecule is C[Si](C)C1=Cc2ccccc2C1C1C=Cc2ccccc21. The average molecular weight is 287 g/mol. The number of allylic oxidation sites excluding steroid dienone is 2. The lowest BCUT2D eigenvalue weighted by Gasteiger charge is -2.25. The van der Waals surface area contributed by atoms with Gasteiger partial charge in [-0.15, -0.1) is 0 Å². The number of hydrogen-bond acceptors (Lipinski definition) is 0. The monoisotopic (exact) mass is 287 g/mol. The molecule has 0 N–H and O–H groups in total. The third kappa shape index (κ3) is 1.96. The Kier molecular flexibility index (Phi) is 2.97. The molecule has 2 aromatic carbocycles. The number of benzene rings is 2. The first-order valence-electron chi connectivity index (χ1n) is 7.64. The van der Waals surface area contributed by atoms with Crippen LogP contribution >= 0.6 is 0 Å². The molecular weight excluding hydrogens is 268 g/mol. The summed E-state index contributed by atoms with van der Waals surface area (Å²) < 4.78 is 0. The first-order chi connectivity index (χ1) is 10.3. The van der Waals surface area contributed by atoms with Gasteiger partial charge in [0.1, 0.15) is 0 Å². The molecule has 1 heteroatoms. The third-order valence-electron chi connectivity index (χ3n) is 4.75. The van der Waals surface area contributed by atoms with Crippen molar-refractivity contribution in [2.75, 3.05) is 0 Å². The highest BCUT2D eigenvalue weighted by Crippen LogP contribution is 2.49. The quantitative estimate of drug-likeness (QED) is 0.660. The van der Waals surface area contributed by atoms with Crippen molar-refractivity contribution in [3.63, 3.8) is 0 Å². The van der Waals surface area contributed by atoms with Crippen LogP contribution in [0.25, 0.3) is 12.2 Å². The van der Waals surface area contributed by atoms with Crippen LogP contribution in [0, 0.1) is 0 Å². The lowest BCUT2D eigenvalue weighted by atomic mass is 9.84. The van der Waals surface area contributed by atoms with Crippen molar-refractivity contribution in [2.24, 2.45) is 0 Å². The zero-order valence-corrected chi connectivity index (χ0v) is 13.5. The van der Waals surface area contributed by atoms with Gasteiger partial charge in [-0.05, 0) is 22.3 Å². The van der Waals surface area contributed by atoms with E-state index in [0.717, 1.165) is 0 Å². The summed E-state index contributed by atoms with van der Waals surface area (Å²) in [6.07, 6.45) is 7.18. The van der Waals surface area contributed by atoms with E-state index in [0.29, 0.717) is 11.8 Å². The lowest BCUT2D eigenvalue weighted by molar-refractivity contribution is 0.745. The Morgan fingerprint density at radius 2 is 1.48 bits per heavy atom. The maximum atomic E-state index is 2.46. The van der Waals surface area contributed by atoms with Crippen molar-refractivity contribution < 1.29 is 0 Å². The fraction of sp³-hybridized carbons (Fsp3) is 0.200. The number of hydrogen-bond donors (Lipinski definition) is 0. The van der Waals surface area contributed by atoms with Crippen LogP contribution in [-0.2, 0) is 0 Å². The van der Waals surface area contributed by atoms with Gasteiger partial charge in [0, 0.05) is 11.8 Å². The summed E-state index contributed by atoms with van der Waals surface area (Å²) in [5.74, 6) is 1.06. The van der Waals surface area contributed by atoms with Gasteiger partial charge in [-0.1, -0.05) is 85.0 Å². The Morgan fingerprint density at radius 1 is 0.810 bits per heavy atom. The molecule has 2 aliphatic rings. The van der Waals surface area contributed by atoms with E-state index in [1.165, 1.54) is 22.3 Å². The smallest absolute Gasteiger partial charge is 0.0746 e. The van der Waals surface area contributed by atoms with Crippen LogP contribution in [0.4, 0.5) is 0 Å². The molecule has 0 fully saturated rings. The first-order valence-corrected chi connectivity index (χ1v) is 10.1. The minimum atomic E-state index is -0.438. The zero-order chi connectivity index (χ0) is 14.4. The van der Waals surface area contributed by atoms with E-state index in [1.807, 2.05) is 0 Å². The lowest BCUT2D eigenvalue weighted by Crippen LogP contribution is -2.16. The van der Waals surface area contributed by atoms with Crippen molar-refractivity contribution in [1.82, 2.24) is 0 Å². The molecule has 0 nitrogen and oxygen atoms in total. The Bertz CT molecular complexity index is 752. The van der Waals surface area contributed by atoms with Gasteiger partial charge in [0.2, 0.25) is 0 Å². The second-order valence-electron chi connectivity index (χ2n) is 6.22. The Hall–Kier alpha value is -1.86. The Balaban J connectivity index is 1.85. The molecule has 21 heavy (non-hydrogen) atoms. The molecule has 0 saturated carbocycles. The summed E-state index contributed by atoms with van der Waals surface area (Å²) in [7, 11) is -0.438. The molecule has 2 atom stereocenters. The fourth-order valence-corrected chi connectivity index (χ4v) is 5.16. The summed E-state index contributed by atoms with van der Waals surface area (Å²) >= 11 is 0. The van der Waals surface area contributed by atoms with Gasteiger partial charge in [-0.25, -0.2) is 0 Å². The summed E-state index contributed by atoms with van der Waals surface area (Å²) in [6.45, 7) is 4.83. The van der Waals surface area contributed by atoms with Crippen LogP contribution in [0.2, 0.25) is 13.1 Å². The van der Waals surface area contributed by atoms with Gasteiger partial charge in [-0.3, -0.25) is 0 Å². The van der Waals surface area contributed by atoms with Crippen LogP contribution in [0.5, 0.6) is 0 Å². The van der Waals surface area contributed by atoms with Crippen molar-refractivity contribution in [2.45, 2.75) is 24.9 Å². The van der Waals surface area contributed by atoms with Crippen molar-refractivity contribution >= 4 is 20.9 Å². The summed E-state index contributed by atoms with van der Waals surface area (Å²) in [4.78, 5) is 0. The minimum Gasteiger partial charge on any atom is -0.0755 e. The summed E-state index contributed by atoms with van der Waals surface area (Å²) in [5.41, 5.74) is 5.84. The van der Waals surface area contributed by atoms with E-state index in [4.69, 9.17) is 0 Å². The summed E-state index contributed by atoms with van der Waals surface area (Å²) in [6, 6.07) is 17.8. The highest BCUT2D eigenvalue weighted by Gasteiger charge is 2.35. The molecular formula is C20H19Si. The normalized spacial score (nSPS) is 22.3. The van der Waals surface area contributed by atoms with Crippen LogP contribution in [0.1, 0.15) is 34.1 Å². The van der Waals surface area contributed by atoms with E-state index < -0.39 is 8.80 Å². The summed E-state index contributed by atoms with van der Waals surface area (Å²) in [5, 5.41) is 1.67.